The molecule has 1 aromatic carbocycles. The van der Waals surface area contributed by atoms with Gasteiger partial charge in [0.2, 0.25) is 0 Å². The lowest BCUT2D eigenvalue weighted by Gasteiger charge is -2.12. The molecule has 1 rings (SSSR count). The average molecular weight is 344 g/mol. The highest BCUT2D eigenvalue weighted by atomic mass is 79.9. The highest BCUT2D eigenvalue weighted by molar-refractivity contribution is 9.09. The minimum Gasteiger partial charge on any atom is -0.207 e. The van der Waals surface area contributed by atoms with Gasteiger partial charge in [0, 0.05) is 21.2 Å². The Morgan fingerprint density at radius 2 is 1.93 bits per heavy atom. The summed E-state index contributed by atoms with van der Waals surface area (Å²) in [6.45, 7) is 0. The first-order chi connectivity index (χ1) is 6.69. The van der Waals surface area contributed by atoms with Gasteiger partial charge in [0.15, 0.2) is 0 Å². The SMILES string of the molecule is Fc1cccc(Cl)c1CC(CBr)CBr. The average Bonchev–Trinajstić information content (AvgIpc) is 2.18. The maximum Gasteiger partial charge on any atom is 0.127 e. The van der Waals surface area contributed by atoms with Crippen LogP contribution < -0.4 is 0 Å². The van der Waals surface area contributed by atoms with E-state index in [4.69, 9.17) is 11.6 Å². The van der Waals surface area contributed by atoms with Crippen molar-refractivity contribution in [1.29, 1.82) is 0 Å². The van der Waals surface area contributed by atoms with E-state index in [1.165, 1.54) is 6.07 Å². The zero-order chi connectivity index (χ0) is 10.6. The molecule has 0 fully saturated rings. The van der Waals surface area contributed by atoms with Crippen LogP contribution in [-0.2, 0) is 6.42 Å². The van der Waals surface area contributed by atoms with E-state index in [0.717, 1.165) is 10.7 Å². The normalized spacial score (nSPS) is 10.9. The molecule has 4 heteroatoms. The molecule has 0 spiro atoms. The fourth-order valence-electron chi connectivity index (χ4n) is 1.17. The van der Waals surface area contributed by atoms with E-state index < -0.39 is 0 Å². The van der Waals surface area contributed by atoms with E-state index >= 15 is 0 Å². The molecule has 0 bridgehead atoms. The third-order valence-corrected chi connectivity index (χ3v) is 4.18. The molecule has 78 valence electrons. The highest BCUT2D eigenvalue weighted by Gasteiger charge is 2.12. The number of hydrogen-bond donors (Lipinski definition) is 0. The zero-order valence-electron chi connectivity index (χ0n) is 7.44. The maximum absolute atomic E-state index is 13.4. The van der Waals surface area contributed by atoms with Crippen molar-refractivity contribution in [3.8, 4) is 0 Å². The summed E-state index contributed by atoms with van der Waals surface area (Å²) in [4.78, 5) is 0. The molecule has 0 saturated heterocycles. The number of hydrogen-bond acceptors (Lipinski definition) is 0. The summed E-state index contributed by atoms with van der Waals surface area (Å²) in [7, 11) is 0. The molecule has 0 heterocycles. The summed E-state index contributed by atoms with van der Waals surface area (Å²) >= 11 is 12.7. The predicted octanol–water partition coefficient (Wildman–Crippen LogP) is 4.43. The minimum absolute atomic E-state index is 0.218. The van der Waals surface area contributed by atoms with Crippen molar-refractivity contribution < 1.29 is 4.39 Å². The van der Waals surface area contributed by atoms with Gasteiger partial charge >= 0.3 is 0 Å². The second-order valence-electron chi connectivity index (χ2n) is 3.08. The Hall–Kier alpha value is 0.400. The molecule has 0 N–H and O–H groups in total. The summed E-state index contributed by atoms with van der Waals surface area (Å²) in [6.07, 6.45) is 0.655. The summed E-state index contributed by atoms with van der Waals surface area (Å²) in [5.74, 6) is 0.147. The predicted molar refractivity (Wildman–Crippen MR) is 66.2 cm³/mol. The van der Waals surface area contributed by atoms with Crippen molar-refractivity contribution in [2.45, 2.75) is 6.42 Å². The fraction of sp³-hybridized carbons (Fsp3) is 0.400. The van der Waals surface area contributed by atoms with E-state index in [1.54, 1.807) is 12.1 Å². The molecule has 0 nitrogen and oxygen atoms in total. The van der Waals surface area contributed by atoms with Crippen molar-refractivity contribution in [3.05, 3.63) is 34.6 Å². The van der Waals surface area contributed by atoms with Crippen molar-refractivity contribution in [3.63, 3.8) is 0 Å². The first-order valence-electron chi connectivity index (χ1n) is 4.23. The Morgan fingerprint density at radius 1 is 1.29 bits per heavy atom. The quantitative estimate of drug-likeness (QED) is 0.709. The van der Waals surface area contributed by atoms with Crippen LogP contribution in [0.5, 0.6) is 0 Å². The Kier molecular flexibility index (Phi) is 5.42. The Bertz CT molecular complexity index is 280. The summed E-state index contributed by atoms with van der Waals surface area (Å²) in [6, 6.07) is 4.79. The van der Waals surface area contributed by atoms with E-state index in [9.17, 15) is 4.39 Å². The van der Waals surface area contributed by atoms with Crippen molar-refractivity contribution in [2.24, 2.45) is 5.92 Å². The summed E-state index contributed by atoms with van der Waals surface area (Å²) in [5.41, 5.74) is 0.609. The van der Waals surface area contributed by atoms with Gasteiger partial charge in [-0.15, -0.1) is 0 Å². The highest BCUT2D eigenvalue weighted by Crippen LogP contribution is 2.23. The van der Waals surface area contributed by atoms with E-state index in [0.29, 0.717) is 22.9 Å². The van der Waals surface area contributed by atoms with Gasteiger partial charge in [0.05, 0.1) is 0 Å². The molecular weight excluding hydrogens is 334 g/mol. The second-order valence-corrected chi connectivity index (χ2v) is 4.78. The van der Waals surface area contributed by atoms with Crippen LogP contribution in [0.25, 0.3) is 0 Å². The van der Waals surface area contributed by atoms with Crippen LogP contribution in [-0.4, -0.2) is 10.7 Å². The molecule has 0 aliphatic rings. The van der Waals surface area contributed by atoms with Gasteiger partial charge < -0.3 is 0 Å². The smallest absolute Gasteiger partial charge is 0.127 e. The second kappa shape index (κ2) is 6.09. The Balaban J connectivity index is 2.84. The molecule has 0 amide bonds. The van der Waals surface area contributed by atoms with Gasteiger partial charge in [0.1, 0.15) is 5.82 Å². The lowest BCUT2D eigenvalue weighted by molar-refractivity contribution is 0.583. The molecule has 1 aromatic rings. The van der Waals surface area contributed by atoms with Crippen LogP contribution >= 0.6 is 43.5 Å². The van der Waals surface area contributed by atoms with E-state index in [1.807, 2.05) is 0 Å². The third-order valence-electron chi connectivity index (χ3n) is 1.99. The van der Waals surface area contributed by atoms with Gasteiger partial charge in [-0.1, -0.05) is 49.5 Å². The topological polar surface area (TPSA) is 0 Å². The standard InChI is InChI=1S/C10H10Br2ClF/c11-5-7(6-12)4-8-9(13)2-1-3-10(8)14/h1-3,7H,4-6H2. The summed E-state index contributed by atoms with van der Waals surface area (Å²) < 4.78 is 13.4. The molecule has 0 aliphatic carbocycles. The van der Waals surface area contributed by atoms with Crippen LogP contribution in [0, 0.1) is 11.7 Å². The Morgan fingerprint density at radius 3 is 2.43 bits per heavy atom. The molecule has 0 aromatic heterocycles. The molecule has 0 unspecified atom stereocenters. The monoisotopic (exact) mass is 342 g/mol. The van der Waals surface area contributed by atoms with Gasteiger partial charge in [-0.2, -0.15) is 0 Å². The molecule has 0 aliphatic heterocycles. The first-order valence-corrected chi connectivity index (χ1v) is 6.86. The lowest BCUT2D eigenvalue weighted by Crippen LogP contribution is -2.09. The maximum atomic E-state index is 13.4. The lowest BCUT2D eigenvalue weighted by atomic mass is 10.0. The van der Waals surface area contributed by atoms with Crippen LogP contribution in [0.2, 0.25) is 5.02 Å². The van der Waals surface area contributed by atoms with Crippen LogP contribution in [0.1, 0.15) is 5.56 Å². The van der Waals surface area contributed by atoms with Gasteiger partial charge in [-0.05, 0) is 24.5 Å². The zero-order valence-corrected chi connectivity index (χ0v) is 11.4. The van der Waals surface area contributed by atoms with Crippen molar-refractivity contribution in [2.75, 3.05) is 10.7 Å². The van der Waals surface area contributed by atoms with E-state index in [2.05, 4.69) is 31.9 Å². The van der Waals surface area contributed by atoms with Gasteiger partial charge in [-0.3, -0.25) is 0 Å². The number of rotatable bonds is 4. The summed E-state index contributed by atoms with van der Waals surface area (Å²) in [5, 5.41) is 2.18. The fourth-order valence-corrected chi connectivity index (χ4v) is 2.94. The van der Waals surface area contributed by atoms with E-state index in [-0.39, 0.29) is 5.82 Å². The largest absolute Gasteiger partial charge is 0.207 e. The van der Waals surface area contributed by atoms with Crippen LogP contribution in [0.4, 0.5) is 4.39 Å². The third kappa shape index (κ3) is 3.21. The molecular formula is C10H10Br2ClF. The first kappa shape index (κ1) is 12.5. The Labute approximate surface area is 105 Å². The molecule has 14 heavy (non-hydrogen) atoms. The van der Waals surface area contributed by atoms with Gasteiger partial charge in [-0.25, -0.2) is 4.39 Å². The number of benzene rings is 1. The van der Waals surface area contributed by atoms with Crippen LogP contribution in [0.15, 0.2) is 18.2 Å². The van der Waals surface area contributed by atoms with Crippen molar-refractivity contribution in [1.82, 2.24) is 0 Å². The van der Waals surface area contributed by atoms with Crippen molar-refractivity contribution >= 4 is 43.5 Å². The van der Waals surface area contributed by atoms with Crippen LogP contribution in [0.3, 0.4) is 0 Å². The number of halogens is 4. The number of alkyl halides is 2. The molecule has 0 radical (unpaired) electrons. The molecule has 0 saturated carbocycles. The van der Waals surface area contributed by atoms with Gasteiger partial charge in [0.25, 0.3) is 0 Å². The molecule has 0 atom stereocenters. The minimum atomic E-state index is -0.218.